The molecular weight excluding hydrogens is 486 g/mol. The topological polar surface area (TPSA) is 137 Å². The third-order valence-electron chi connectivity index (χ3n) is 6.75. The van der Waals surface area contributed by atoms with Crippen LogP contribution in [-0.4, -0.2) is 59.3 Å². The average Bonchev–Trinajstić information content (AvgIpc) is 2.89. The Morgan fingerprint density at radius 1 is 1.16 bits per heavy atom. The molecule has 3 rings (SSSR count). The summed E-state index contributed by atoms with van der Waals surface area (Å²) < 4.78 is 5.73. The van der Waals surface area contributed by atoms with Gasteiger partial charge in [0.25, 0.3) is 5.91 Å². The Balaban J connectivity index is 1.88. The predicted molar refractivity (Wildman–Crippen MR) is 144 cm³/mol. The van der Waals surface area contributed by atoms with Crippen molar-refractivity contribution in [2.45, 2.75) is 71.1 Å². The molecule has 0 aromatic heterocycles. The van der Waals surface area contributed by atoms with E-state index in [0.29, 0.717) is 24.3 Å². The van der Waals surface area contributed by atoms with Crippen LogP contribution in [-0.2, 0) is 27.2 Å². The second-order valence-electron chi connectivity index (χ2n) is 9.99. The predicted octanol–water partition coefficient (Wildman–Crippen LogP) is 2.21. The van der Waals surface area contributed by atoms with Crippen molar-refractivity contribution in [3.8, 4) is 11.5 Å². The highest BCUT2D eigenvalue weighted by molar-refractivity contribution is 5.88. The van der Waals surface area contributed by atoms with Crippen molar-refractivity contribution in [3.63, 3.8) is 0 Å². The highest BCUT2D eigenvalue weighted by Gasteiger charge is 2.28. The molecule has 9 nitrogen and oxygen atoms in total. The maximum absolute atomic E-state index is 13.0. The van der Waals surface area contributed by atoms with Crippen LogP contribution in [0.3, 0.4) is 0 Å². The number of carbonyl (C=O) groups is 3. The summed E-state index contributed by atoms with van der Waals surface area (Å²) in [6.45, 7) is 5.65. The summed E-state index contributed by atoms with van der Waals surface area (Å²) in [7, 11) is 0. The molecule has 0 spiro atoms. The van der Waals surface area contributed by atoms with Crippen LogP contribution < -0.4 is 20.7 Å². The van der Waals surface area contributed by atoms with E-state index >= 15 is 0 Å². The van der Waals surface area contributed by atoms with Crippen LogP contribution in [0, 0.1) is 5.92 Å². The molecule has 2 bridgehead atoms. The van der Waals surface area contributed by atoms with E-state index in [1.807, 2.05) is 25.1 Å². The second kappa shape index (κ2) is 13.8. The largest absolute Gasteiger partial charge is 0.508 e. The van der Waals surface area contributed by atoms with Gasteiger partial charge in [-0.3, -0.25) is 14.4 Å². The molecule has 5 N–H and O–H groups in total. The van der Waals surface area contributed by atoms with Crippen molar-refractivity contribution in [3.05, 3.63) is 59.2 Å². The lowest BCUT2D eigenvalue weighted by atomic mass is 9.92. The number of ether oxygens (including phenoxy) is 1. The number of nitrogens with one attached hydrogen (secondary N) is 3. The van der Waals surface area contributed by atoms with Crippen LogP contribution in [0.15, 0.2) is 42.5 Å². The lowest BCUT2D eigenvalue weighted by Gasteiger charge is -2.28. The van der Waals surface area contributed by atoms with Crippen LogP contribution in [0.2, 0.25) is 0 Å². The van der Waals surface area contributed by atoms with E-state index in [4.69, 9.17) is 4.74 Å². The number of para-hydroxylation sites is 1. The summed E-state index contributed by atoms with van der Waals surface area (Å²) in [6, 6.07) is 10.9. The first-order valence-electron chi connectivity index (χ1n) is 13.2. The van der Waals surface area contributed by atoms with Crippen molar-refractivity contribution in [2.24, 2.45) is 5.92 Å². The quantitative estimate of drug-likeness (QED) is 0.352. The molecule has 0 saturated carbocycles. The third kappa shape index (κ3) is 8.21. The SMILES string of the molecule is CCCCNC(=O)[C@H](C)C[C@H](O)[C@@H]1Cc2ccc(O)c(c2)Cc2ccccc2OCC(=O)N[C@@H](C)C(=O)N1. The Kier molecular flexibility index (Phi) is 10.5. The monoisotopic (exact) mass is 525 g/mol. The van der Waals surface area contributed by atoms with E-state index in [-0.39, 0.29) is 31.1 Å². The van der Waals surface area contributed by atoms with Gasteiger partial charge in [-0.15, -0.1) is 0 Å². The number of unbranched alkanes of at least 4 members (excludes halogenated alkanes) is 1. The number of phenols is 1. The molecule has 0 unspecified atom stereocenters. The summed E-state index contributed by atoms with van der Waals surface area (Å²) in [6.07, 6.45) is 1.60. The van der Waals surface area contributed by atoms with E-state index in [0.717, 1.165) is 24.0 Å². The lowest BCUT2D eigenvalue weighted by molar-refractivity contribution is -0.130. The molecule has 2 aromatic carbocycles. The van der Waals surface area contributed by atoms with Crippen molar-refractivity contribution >= 4 is 17.7 Å². The lowest BCUT2D eigenvalue weighted by Crippen LogP contribution is -2.53. The number of benzene rings is 2. The molecule has 2 aromatic rings. The Labute approximate surface area is 224 Å². The third-order valence-corrected chi connectivity index (χ3v) is 6.75. The zero-order valence-electron chi connectivity index (χ0n) is 22.3. The molecule has 1 heterocycles. The zero-order chi connectivity index (χ0) is 27.7. The maximum Gasteiger partial charge on any atom is 0.258 e. The van der Waals surface area contributed by atoms with Crippen LogP contribution in [0.25, 0.3) is 0 Å². The number of fused-ring (bicyclic) bond motifs is 3. The highest BCUT2D eigenvalue weighted by Crippen LogP contribution is 2.28. The van der Waals surface area contributed by atoms with Crippen LogP contribution in [0.5, 0.6) is 11.5 Å². The van der Waals surface area contributed by atoms with Gasteiger partial charge in [-0.05, 0) is 55.0 Å². The summed E-state index contributed by atoms with van der Waals surface area (Å²) in [5.41, 5.74) is 2.24. The Bertz CT molecular complexity index is 1120. The number of aromatic hydroxyl groups is 1. The average molecular weight is 526 g/mol. The fourth-order valence-corrected chi connectivity index (χ4v) is 4.44. The molecule has 0 saturated heterocycles. The van der Waals surface area contributed by atoms with E-state index in [9.17, 15) is 24.6 Å². The van der Waals surface area contributed by atoms with E-state index < -0.39 is 35.9 Å². The van der Waals surface area contributed by atoms with Crippen molar-refractivity contribution in [2.75, 3.05) is 13.2 Å². The van der Waals surface area contributed by atoms with Gasteiger partial charge in [0.15, 0.2) is 6.61 Å². The van der Waals surface area contributed by atoms with Gasteiger partial charge in [-0.2, -0.15) is 0 Å². The van der Waals surface area contributed by atoms with Crippen molar-refractivity contribution < 1.29 is 29.3 Å². The minimum atomic E-state index is -1.02. The van der Waals surface area contributed by atoms with Crippen molar-refractivity contribution in [1.82, 2.24) is 16.0 Å². The number of rotatable bonds is 7. The number of aliphatic hydroxyl groups excluding tert-OH is 1. The first kappa shape index (κ1) is 29.0. The van der Waals surface area contributed by atoms with Gasteiger partial charge in [-0.25, -0.2) is 0 Å². The van der Waals surface area contributed by atoms with Crippen LogP contribution >= 0.6 is 0 Å². The highest BCUT2D eigenvalue weighted by atomic mass is 16.5. The minimum Gasteiger partial charge on any atom is -0.508 e. The number of phenolic OH excluding ortho intramolecular Hbond substituents is 1. The Hall–Kier alpha value is -3.59. The van der Waals surface area contributed by atoms with Crippen LogP contribution in [0.1, 0.15) is 56.7 Å². The van der Waals surface area contributed by atoms with Gasteiger partial charge < -0.3 is 30.9 Å². The van der Waals surface area contributed by atoms with Crippen LogP contribution in [0.4, 0.5) is 0 Å². The number of carbonyl (C=O) groups excluding carboxylic acids is 3. The van der Waals surface area contributed by atoms with Gasteiger partial charge in [0, 0.05) is 18.9 Å². The smallest absolute Gasteiger partial charge is 0.258 e. The van der Waals surface area contributed by atoms with E-state index in [1.165, 1.54) is 0 Å². The number of hydrogen-bond donors (Lipinski definition) is 5. The summed E-state index contributed by atoms with van der Waals surface area (Å²) in [5, 5.41) is 30.0. The molecule has 38 heavy (non-hydrogen) atoms. The molecular formula is C29H39N3O6. The Morgan fingerprint density at radius 2 is 1.92 bits per heavy atom. The van der Waals surface area contributed by atoms with Gasteiger partial charge >= 0.3 is 0 Å². The first-order chi connectivity index (χ1) is 18.2. The number of hydrogen-bond acceptors (Lipinski definition) is 6. The summed E-state index contributed by atoms with van der Waals surface area (Å²) in [5.74, 6) is -0.910. The summed E-state index contributed by atoms with van der Waals surface area (Å²) >= 11 is 0. The fraction of sp³-hybridized carbons (Fsp3) is 0.483. The summed E-state index contributed by atoms with van der Waals surface area (Å²) in [4.78, 5) is 38.0. The molecule has 3 amide bonds. The Morgan fingerprint density at radius 3 is 2.68 bits per heavy atom. The second-order valence-corrected chi connectivity index (χ2v) is 9.99. The molecule has 206 valence electrons. The van der Waals surface area contributed by atoms with Gasteiger partial charge in [0.2, 0.25) is 11.8 Å². The molecule has 9 heteroatoms. The van der Waals surface area contributed by atoms with Gasteiger partial charge in [0.05, 0.1) is 12.1 Å². The molecule has 0 fully saturated rings. The molecule has 0 aliphatic carbocycles. The number of aliphatic hydroxyl groups is 1. The van der Waals surface area contributed by atoms with Crippen molar-refractivity contribution in [1.29, 1.82) is 0 Å². The molecule has 1 aliphatic heterocycles. The minimum absolute atomic E-state index is 0.109. The maximum atomic E-state index is 13.0. The molecule has 1 aliphatic rings. The normalized spacial score (nSPS) is 19.9. The standard InChI is InChI=1S/C29H39N3O6/c1-4-5-12-30-28(36)18(2)13-25(34)23-15-20-10-11-24(33)22(14-20)16-21-8-6-7-9-26(21)38-17-27(35)31-19(3)29(37)32-23/h6-11,14,18-19,23,25,33-34H,4-5,12-13,15-17H2,1-3H3,(H,30,36)(H,31,35)(H,32,37)/t18-,19+,23+,25+/m1/s1. The van der Waals surface area contributed by atoms with E-state index in [2.05, 4.69) is 16.0 Å². The fourth-order valence-electron chi connectivity index (χ4n) is 4.44. The first-order valence-corrected chi connectivity index (χ1v) is 13.2. The molecule has 4 atom stereocenters. The van der Waals surface area contributed by atoms with Gasteiger partial charge in [0.1, 0.15) is 17.5 Å². The molecule has 0 radical (unpaired) electrons. The van der Waals surface area contributed by atoms with E-state index in [1.54, 1.807) is 38.1 Å². The number of amides is 3. The zero-order valence-corrected chi connectivity index (χ0v) is 22.3. The van der Waals surface area contributed by atoms with Gasteiger partial charge in [-0.1, -0.05) is 50.6 Å².